The summed E-state index contributed by atoms with van der Waals surface area (Å²) in [6.45, 7) is 4.28. The number of esters is 1. The molecule has 3 nitrogen and oxygen atoms in total. The second kappa shape index (κ2) is 5.02. The summed E-state index contributed by atoms with van der Waals surface area (Å²) >= 11 is 0. The van der Waals surface area contributed by atoms with Crippen molar-refractivity contribution < 1.29 is 9.53 Å². The molecule has 0 spiro atoms. The lowest BCUT2D eigenvalue weighted by molar-refractivity contribution is -0.139. The van der Waals surface area contributed by atoms with E-state index in [0.29, 0.717) is 6.61 Å². The summed E-state index contributed by atoms with van der Waals surface area (Å²) < 4.78 is 5.05. The Morgan fingerprint density at radius 3 is 3.08 bits per heavy atom. The first-order valence-corrected chi connectivity index (χ1v) is 4.78. The van der Waals surface area contributed by atoms with E-state index in [0.717, 1.165) is 31.5 Å². The Morgan fingerprint density at radius 2 is 2.46 bits per heavy atom. The van der Waals surface area contributed by atoms with Crippen molar-refractivity contribution in [3.63, 3.8) is 0 Å². The predicted octanol–water partition coefficient (Wildman–Crippen LogP) is 1.20. The molecule has 3 heteroatoms. The molecular formula is C10H17NO2. The average molecular weight is 183 g/mol. The maximum absolute atomic E-state index is 11.4. The molecule has 13 heavy (non-hydrogen) atoms. The van der Waals surface area contributed by atoms with Gasteiger partial charge < -0.3 is 9.64 Å². The number of carbonyl (C=O) groups is 1. The molecule has 0 amide bonds. The molecule has 0 unspecified atom stereocenters. The minimum absolute atomic E-state index is 0.145. The van der Waals surface area contributed by atoms with Gasteiger partial charge in [0.2, 0.25) is 0 Å². The van der Waals surface area contributed by atoms with E-state index in [1.807, 2.05) is 20.0 Å². The first-order valence-electron chi connectivity index (χ1n) is 4.78. The number of carbonyl (C=O) groups excluding carboxylic acids is 1. The third kappa shape index (κ3) is 3.19. The fraction of sp³-hybridized carbons (Fsp3) is 0.700. The first-order chi connectivity index (χ1) is 6.24. The highest BCUT2D eigenvalue weighted by atomic mass is 16.5. The molecule has 0 aromatic heterocycles. The van der Waals surface area contributed by atoms with Gasteiger partial charge in [-0.2, -0.15) is 0 Å². The fourth-order valence-electron chi connectivity index (χ4n) is 1.33. The SMILES string of the molecule is CCCOC(=O)C1=CCCN(C)C1. The van der Waals surface area contributed by atoms with Gasteiger partial charge in [-0.1, -0.05) is 13.0 Å². The van der Waals surface area contributed by atoms with Crippen molar-refractivity contribution in [1.29, 1.82) is 0 Å². The van der Waals surface area contributed by atoms with Crippen molar-refractivity contribution in [2.45, 2.75) is 19.8 Å². The van der Waals surface area contributed by atoms with Crippen molar-refractivity contribution in [3.8, 4) is 0 Å². The fourth-order valence-corrected chi connectivity index (χ4v) is 1.33. The van der Waals surface area contributed by atoms with Gasteiger partial charge in [0.05, 0.1) is 6.61 Å². The number of likely N-dealkylation sites (N-methyl/N-ethyl adjacent to an activating group) is 1. The van der Waals surface area contributed by atoms with E-state index in [9.17, 15) is 4.79 Å². The Hall–Kier alpha value is -0.830. The van der Waals surface area contributed by atoms with Crippen LogP contribution in [-0.2, 0) is 9.53 Å². The summed E-state index contributed by atoms with van der Waals surface area (Å²) in [5.41, 5.74) is 0.808. The molecule has 0 fully saturated rings. The van der Waals surface area contributed by atoms with Crippen molar-refractivity contribution in [2.24, 2.45) is 0 Å². The van der Waals surface area contributed by atoms with Gasteiger partial charge in [-0.05, 0) is 19.9 Å². The number of ether oxygens (including phenoxy) is 1. The van der Waals surface area contributed by atoms with Crippen LogP contribution < -0.4 is 0 Å². The minimum atomic E-state index is -0.145. The van der Waals surface area contributed by atoms with Crippen LogP contribution >= 0.6 is 0 Å². The molecule has 1 aliphatic heterocycles. The van der Waals surface area contributed by atoms with Gasteiger partial charge in [-0.15, -0.1) is 0 Å². The van der Waals surface area contributed by atoms with Crippen LogP contribution in [0.1, 0.15) is 19.8 Å². The van der Waals surface area contributed by atoms with Gasteiger partial charge in [-0.3, -0.25) is 0 Å². The van der Waals surface area contributed by atoms with Crippen molar-refractivity contribution >= 4 is 5.97 Å². The zero-order valence-electron chi connectivity index (χ0n) is 8.38. The lowest BCUT2D eigenvalue weighted by atomic mass is 10.1. The Labute approximate surface area is 79.4 Å². The summed E-state index contributed by atoms with van der Waals surface area (Å²) in [6.07, 6.45) is 3.82. The maximum atomic E-state index is 11.4. The predicted molar refractivity (Wildman–Crippen MR) is 51.4 cm³/mol. The first kappa shape index (κ1) is 10.3. The highest BCUT2D eigenvalue weighted by Crippen LogP contribution is 2.09. The van der Waals surface area contributed by atoms with E-state index in [1.165, 1.54) is 0 Å². The van der Waals surface area contributed by atoms with Gasteiger partial charge in [0.15, 0.2) is 0 Å². The van der Waals surface area contributed by atoms with E-state index in [2.05, 4.69) is 4.90 Å². The van der Waals surface area contributed by atoms with Gasteiger partial charge in [-0.25, -0.2) is 4.79 Å². The van der Waals surface area contributed by atoms with Crippen LogP contribution in [0.25, 0.3) is 0 Å². The Balaban J connectivity index is 2.41. The molecule has 0 saturated carbocycles. The standard InChI is InChI=1S/C10H17NO2/c1-3-7-13-10(12)9-5-4-6-11(2)8-9/h5H,3-4,6-8H2,1-2H3. The molecule has 0 aromatic carbocycles. The normalized spacial score (nSPS) is 18.2. The second-order valence-electron chi connectivity index (χ2n) is 3.39. The molecule has 0 saturated heterocycles. The van der Waals surface area contributed by atoms with Crippen molar-refractivity contribution in [2.75, 3.05) is 26.7 Å². The average Bonchev–Trinajstić information content (AvgIpc) is 2.14. The topological polar surface area (TPSA) is 29.5 Å². The van der Waals surface area contributed by atoms with Gasteiger partial charge >= 0.3 is 5.97 Å². The molecule has 74 valence electrons. The van der Waals surface area contributed by atoms with Crippen LogP contribution in [0, 0.1) is 0 Å². The number of hydrogen-bond acceptors (Lipinski definition) is 3. The maximum Gasteiger partial charge on any atom is 0.334 e. The largest absolute Gasteiger partial charge is 0.462 e. The Morgan fingerprint density at radius 1 is 1.69 bits per heavy atom. The van der Waals surface area contributed by atoms with Gasteiger partial charge in [0.1, 0.15) is 0 Å². The van der Waals surface area contributed by atoms with E-state index in [1.54, 1.807) is 0 Å². The van der Waals surface area contributed by atoms with Gasteiger partial charge in [0, 0.05) is 18.7 Å². The van der Waals surface area contributed by atoms with Crippen molar-refractivity contribution in [1.82, 2.24) is 4.90 Å². The highest BCUT2D eigenvalue weighted by Gasteiger charge is 2.15. The monoisotopic (exact) mass is 183 g/mol. The lowest BCUT2D eigenvalue weighted by Crippen LogP contribution is -2.29. The summed E-state index contributed by atoms with van der Waals surface area (Å²) in [5.74, 6) is -0.145. The highest BCUT2D eigenvalue weighted by molar-refractivity contribution is 5.89. The van der Waals surface area contributed by atoms with Gasteiger partial charge in [0.25, 0.3) is 0 Å². The second-order valence-corrected chi connectivity index (χ2v) is 3.39. The smallest absolute Gasteiger partial charge is 0.334 e. The van der Waals surface area contributed by atoms with Crippen molar-refractivity contribution in [3.05, 3.63) is 11.6 Å². The molecule has 1 heterocycles. The molecule has 1 aliphatic rings. The number of rotatable bonds is 3. The minimum Gasteiger partial charge on any atom is -0.462 e. The number of nitrogens with zero attached hydrogens (tertiary/aromatic N) is 1. The zero-order valence-corrected chi connectivity index (χ0v) is 8.38. The summed E-state index contributed by atoms with van der Waals surface area (Å²) in [5, 5.41) is 0. The van der Waals surface area contributed by atoms with Crippen LogP contribution in [-0.4, -0.2) is 37.6 Å². The van der Waals surface area contributed by atoms with Crippen LogP contribution in [0.4, 0.5) is 0 Å². The number of hydrogen-bond donors (Lipinski definition) is 0. The van der Waals surface area contributed by atoms with Crippen LogP contribution in [0.3, 0.4) is 0 Å². The molecule has 1 rings (SSSR count). The van der Waals surface area contributed by atoms with Crippen LogP contribution in [0.15, 0.2) is 11.6 Å². The summed E-state index contributed by atoms with van der Waals surface area (Å²) in [4.78, 5) is 13.5. The molecule has 0 N–H and O–H groups in total. The third-order valence-corrected chi connectivity index (χ3v) is 2.04. The molecule has 0 radical (unpaired) electrons. The molecule has 0 bridgehead atoms. The van der Waals surface area contributed by atoms with Crippen LogP contribution in [0.2, 0.25) is 0 Å². The molecular weight excluding hydrogens is 166 g/mol. The quantitative estimate of drug-likeness (QED) is 0.616. The zero-order chi connectivity index (χ0) is 9.68. The lowest BCUT2D eigenvalue weighted by Gasteiger charge is -2.21. The Kier molecular flexibility index (Phi) is 3.96. The molecule has 0 atom stereocenters. The van der Waals surface area contributed by atoms with E-state index < -0.39 is 0 Å². The summed E-state index contributed by atoms with van der Waals surface area (Å²) in [7, 11) is 2.01. The Bertz CT molecular complexity index is 211. The van der Waals surface area contributed by atoms with Crippen LogP contribution in [0.5, 0.6) is 0 Å². The summed E-state index contributed by atoms with van der Waals surface area (Å²) in [6, 6.07) is 0. The van der Waals surface area contributed by atoms with E-state index in [4.69, 9.17) is 4.74 Å². The molecule has 0 aliphatic carbocycles. The van der Waals surface area contributed by atoms with E-state index in [-0.39, 0.29) is 5.97 Å². The third-order valence-electron chi connectivity index (χ3n) is 2.04. The molecule has 0 aromatic rings. The van der Waals surface area contributed by atoms with E-state index >= 15 is 0 Å².